The molecule has 3 rings (SSSR count). The minimum atomic E-state index is -0.120. The number of quaternary nitrogens is 1. The molecule has 1 amide bonds. The van der Waals surface area contributed by atoms with Crippen LogP contribution < -0.4 is 9.80 Å². The Kier molecular flexibility index (Phi) is 6.20. The van der Waals surface area contributed by atoms with E-state index in [1.165, 1.54) is 23.2 Å². The minimum Gasteiger partial charge on any atom is -0.364 e. The van der Waals surface area contributed by atoms with Crippen molar-refractivity contribution < 1.29 is 14.4 Å². The van der Waals surface area contributed by atoms with Crippen LogP contribution in [0.2, 0.25) is 10.0 Å². The lowest BCUT2D eigenvalue weighted by Crippen LogP contribution is -3.14. The van der Waals surface area contributed by atoms with Gasteiger partial charge in [-0.25, -0.2) is 4.98 Å². The highest BCUT2D eigenvalue weighted by Gasteiger charge is 2.27. The van der Waals surface area contributed by atoms with E-state index in [-0.39, 0.29) is 18.1 Å². The van der Waals surface area contributed by atoms with Gasteiger partial charge in [-0.3, -0.25) is 9.69 Å². The van der Waals surface area contributed by atoms with Crippen molar-refractivity contribution in [2.24, 2.45) is 0 Å². The van der Waals surface area contributed by atoms with Crippen LogP contribution in [0.25, 0.3) is 0 Å². The van der Waals surface area contributed by atoms with E-state index in [4.69, 9.17) is 32.9 Å². The maximum Gasteiger partial charge on any atom is 0.230 e. The molecule has 2 aromatic rings. The highest BCUT2D eigenvalue weighted by atomic mass is 35.5. The van der Waals surface area contributed by atoms with Crippen LogP contribution in [0.15, 0.2) is 23.6 Å². The number of nitrogens with zero attached hydrogens (tertiary/aromatic N) is 2. The first kappa shape index (κ1) is 19.6. The number of rotatable bonds is 4. The lowest BCUT2D eigenvalue weighted by molar-refractivity contribution is -0.928. The topological polar surface area (TPSA) is 46.9 Å². The Labute approximate surface area is 167 Å². The van der Waals surface area contributed by atoms with Crippen molar-refractivity contribution in [1.29, 1.82) is 0 Å². The number of aromatic nitrogens is 1. The van der Waals surface area contributed by atoms with E-state index in [0.29, 0.717) is 20.9 Å². The summed E-state index contributed by atoms with van der Waals surface area (Å²) in [6, 6.07) is 5.14. The van der Waals surface area contributed by atoms with Gasteiger partial charge in [0.1, 0.15) is 37.5 Å². The van der Waals surface area contributed by atoms with E-state index in [0.717, 1.165) is 25.3 Å². The van der Waals surface area contributed by atoms with E-state index in [2.05, 4.69) is 13.8 Å². The van der Waals surface area contributed by atoms with Crippen molar-refractivity contribution >= 4 is 51.3 Å². The second kappa shape index (κ2) is 8.23. The van der Waals surface area contributed by atoms with Crippen molar-refractivity contribution in [1.82, 2.24) is 4.98 Å². The second-order valence-electron chi connectivity index (χ2n) is 6.67. The molecular weight excluding hydrogens is 393 g/mol. The molecule has 8 heteroatoms. The van der Waals surface area contributed by atoms with Crippen LogP contribution in [-0.2, 0) is 16.1 Å². The van der Waals surface area contributed by atoms with Gasteiger partial charge in [-0.2, -0.15) is 0 Å². The van der Waals surface area contributed by atoms with Gasteiger partial charge in [0, 0.05) is 12.3 Å². The van der Waals surface area contributed by atoms with Crippen LogP contribution >= 0.6 is 34.5 Å². The summed E-state index contributed by atoms with van der Waals surface area (Å²) in [6.45, 7) is 8.45. The summed E-state index contributed by atoms with van der Waals surface area (Å²) >= 11 is 13.5. The predicted octanol–water partition coefficient (Wildman–Crippen LogP) is 3.33. The van der Waals surface area contributed by atoms with Crippen LogP contribution in [0.4, 0.5) is 10.8 Å². The molecule has 0 saturated carbocycles. The van der Waals surface area contributed by atoms with Gasteiger partial charge in [0.25, 0.3) is 0 Å². The van der Waals surface area contributed by atoms with E-state index in [9.17, 15) is 4.79 Å². The molecule has 1 fully saturated rings. The fraction of sp³-hybridized carbons (Fsp3) is 0.444. The Morgan fingerprint density at radius 3 is 2.62 bits per heavy atom. The van der Waals surface area contributed by atoms with Gasteiger partial charge in [-0.15, -0.1) is 11.3 Å². The fourth-order valence-corrected chi connectivity index (χ4v) is 4.50. The zero-order valence-electron chi connectivity index (χ0n) is 15.0. The summed E-state index contributed by atoms with van der Waals surface area (Å²) < 4.78 is 5.79. The molecule has 1 aromatic carbocycles. The van der Waals surface area contributed by atoms with Crippen LogP contribution in [0, 0.1) is 0 Å². The maximum atomic E-state index is 12.2. The number of thiazole rings is 1. The van der Waals surface area contributed by atoms with Gasteiger partial charge >= 0.3 is 0 Å². The fourth-order valence-electron chi connectivity index (χ4n) is 3.32. The molecule has 1 saturated heterocycles. The molecule has 1 aromatic heterocycles. The number of carbonyl (C=O) groups is 1. The molecule has 0 spiro atoms. The quantitative estimate of drug-likeness (QED) is 0.834. The highest BCUT2D eigenvalue weighted by molar-refractivity contribution is 7.14. The highest BCUT2D eigenvalue weighted by Crippen LogP contribution is 2.33. The molecule has 26 heavy (non-hydrogen) atoms. The SMILES string of the molecule is CC(=O)N(c1ccc(Cl)c(Cl)c1)c1nc(C[NH+]2C[C@@H](C)O[C@H](C)C2)cs1. The molecule has 0 unspecified atom stereocenters. The summed E-state index contributed by atoms with van der Waals surface area (Å²) in [4.78, 5) is 19.9. The van der Waals surface area contributed by atoms with E-state index >= 15 is 0 Å². The molecule has 5 nitrogen and oxygen atoms in total. The average Bonchev–Trinajstić information content (AvgIpc) is 2.97. The van der Waals surface area contributed by atoms with Gasteiger partial charge in [0.2, 0.25) is 5.91 Å². The number of benzene rings is 1. The smallest absolute Gasteiger partial charge is 0.230 e. The summed E-state index contributed by atoms with van der Waals surface area (Å²) in [5.41, 5.74) is 1.64. The predicted molar refractivity (Wildman–Crippen MR) is 106 cm³/mol. The van der Waals surface area contributed by atoms with E-state index in [1.54, 1.807) is 23.1 Å². The summed E-state index contributed by atoms with van der Waals surface area (Å²) in [5, 5.41) is 3.52. The molecule has 2 heterocycles. The van der Waals surface area contributed by atoms with Crippen LogP contribution in [0.1, 0.15) is 26.5 Å². The first-order valence-electron chi connectivity index (χ1n) is 8.52. The van der Waals surface area contributed by atoms with Gasteiger partial charge in [-0.05, 0) is 32.0 Å². The first-order chi connectivity index (χ1) is 12.3. The van der Waals surface area contributed by atoms with Crippen molar-refractivity contribution in [3.05, 3.63) is 39.3 Å². The van der Waals surface area contributed by atoms with E-state index < -0.39 is 0 Å². The average molecular weight is 415 g/mol. The number of amides is 1. The van der Waals surface area contributed by atoms with Gasteiger partial charge in [0.15, 0.2) is 5.13 Å². The van der Waals surface area contributed by atoms with Crippen LogP contribution in [0.5, 0.6) is 0 Å². The third kappa shape index (κ3) is 4.56. The molecule has 140 valence electrons. The Morgan fingerprint density at radius 1 is 1.31 bits per heavy atom. The Bertz CT molecular complexity index is 788. The molecule has 0 radical (unpaired) electrons. The van der Waals surface area contributed by atoms with Gasteiger partial charge < -0.3 is 9.64 Å². The van der Waals surface area contributed by atoms with Crippen LogP contribution in [0.3, 0.4) is 0 Å². The molecular formula is C18H22Cl2N3O2S+. The van der Waals surface area contributed by atoms with Crippen molar-refractivity contribution in [3.8, 4) is 0 Å². The number of nitrogens with one attached hydrogen (secondary N) is 1. The number of anilines is 2. The number of carbonyl (C=O) groups excluding carboxylic acids is 1. The standard InChI is InChI=1S/C18H21Cl2N3O2S/c1-11-7-22(8-12(2)25-11)9-14-10-26-18(21-14)23(13(3)24)15-4-5-16(19)17(20)6-15/h4-6,10-12H,7-9H2,1-3H3/p+1/t11-,12-/m1/s1. The monoisotopic (exact) mass is 414 g/mol. The lowest BCUT2D eigenvalue weighted by Gasteiger charge is -2.31. The number of morpholine rings is 1. The van der Waals surface area contributed by atoms with Crippen molar-refractivity contribution in [2.75, 3.05) is 18.0 Å². The molecule has 0 aliphatic carbocycles. The number of ether oxygens (including phenoxy) is 1. The van der Waals surface area contributed by atoms with Crippen LogP contribution in [-0.4, -0.2) is 36.2 Å². The van der Waals surface area contributed by atoms with Crippen molar-refractivity contribution in [3.63, 3.8) is 0 Å². The third-order valence-electron chi connectivity index (χ3n) is 4.26. The third-order valence-corrected chi connectivity index (χ3v) is 5.87. The number of hydrogen-bond acceptors (Lipinski definition) is 4. The normalized spacial score (nSPS) is 23.0. The summed E-state index contributed by atoms with van der Waals surface area (Å²) in [7, 11) is 0. The molecule has 0 bridgehead atoms. The molecule has 2 atom stereocenters. The first-order valence-corrected chi connectivity index (χ1v) is 10.2. The minimum absolute atomic E-state index is 0.120. The molecule has 1 N–H and O–H groups in total. The molecule has 1 aliphatic heterocycles. The Hall–Kier alpha value is -1.18. The summed E-state index contributed by atoms with van der Waals surface area (Å²) in [5.74, 6) is -0.120. The zero-order chi connectivity index (χ0) is 18.8. The largest absolute Gasteiger partial charge is 0.364 e. The Balaban J connectivity index is 1.79. The molecule has 1 aliphatic rings. The summed E-state index contributed by atoms with van der Waals surface area (Å²) in [6.07, 6.45) is 0.494. The van der Waals surface area contributed by atoms with E-state index in [1.807, 2.05) is 5.38 Å². The van der Waals surface area contributed by atoms with Gasteiger partial charge in [-0.1, -0.05) is 23.2 Å². The zero-order valence-corrected chi connectivity index (χ0v) is 17.3. The Morgan fingerprint density at radius 2 is 2.00 bits per heavy atom. The maximum absolute atomic E-state index is 12.2. The lowest BCUT2D eigenvalue weighted by atomic mass is 10.2. The van der Waals surface area contributed by atoms with Gasteiger partial charge in [0.05, 0.1) is 15.7 Å². The van der Waals surface area contributed by atoms with Crippen molar-refractivity contribution in [2.45, 2.75) is 39.5 Å². The number of halogens is 2. The second-order valence-corrected chi connectivity index (χ2v) is 8.32. The number of hydrogen-bond donors (Lipinski definition) is 1.